The molecule has 0 fully saturated rings. The van der Waals surface area contributed by atoms with Crippen molar-refractivity contribution in [3.8, 4) is 111 Å². The summed E-state index contributed by atoms with van der Waals surface area (Å²) < 4.78 is 14.1. The van der Waals surface area contributed by atoms with Crippen LogP contribution in [-0.2, 0) is 0 Å². The summed E-state index contributed by atoms with van der Waals surface area (Å²) in [4.78, 5) is 2.42. The Morgan fingerprint density at radius 3 is 1.02 bits per heavy atom. The van der Waals surface area contributed by atoms with E-state index in [1.54, 1.807) is 0 Å². The highest BCUT2D eigenvalue weighted by molar-refractivity contribution is 9.10. The van der Waals surface area contributed by atoms with E-state index < -0.39 is 0 Å². The lowest BCUT2D eigenvalue weighted by molar-refractivity contribution is 0.669. The zero-order chi connectivity index (χ0) is 75.7. The molecule has 20 aromatic rings. The number of furan rings is 2. The lowest BCUT2D eigenvalue weighted by atomic mass is 9.95. The van der Waals surface area contributed by atoms with Crippen LogP contribution in [-0.4, -0.2) is 0 Å². The predicted molar refractivity (Wildman–Crippen MR) is 480 cm³/mol. The molecule has 0 atom stereocenters. The first-order valence-corrected chi connectivity index (χ1v) is 39.0. The molecular weight excluding hydrogens is 1440 g/mol. The summed E-state index contributed by atoms with van der Waals surface area (Å²) in [6, 6.07) is 158. The second kappa shape index (κ2) is 32.4. The van der Waals surface area contributed by atoms with Crippen LogP contribution < -0.4 is 10.2 Å². The third-order valence-electron chi connectivity index (χ3n) is 20.9. The van der Waals surface area contributed by atoms with Gasteiger partial charge in [0.15, 0.2) is 0 Å². The largest absolute Gasteiger partial charge is 0.455 e. The number of fused-ring (bicyclic) bond motifs is 6. The van der Waals surface area contributed by atoms with Crippen molar-refractivity contribution in [1.82, 2.24) is 0 Å². The first kappa shape index (κ1) is 70.3. The van der Waals surface area contributed by atoms with Crippen molar-refractivity contribution in [2.75, 3.05) is 10.2 Å². The fraction of sp³-hybridized carbons (Fsp3) is 0. The highest BCUT2D eigenvalue weighted by Gasteiger charge is 2.23. The van der Waals surface area contributed by atoms with Crippen LogP contribution in [0.25, 0.3) is 155 Å². The van der Waals surface area contributed by atoms with Crippen molar-refractivity contribution in [2.24, 2.45) is 0 Å². The average molecular weight is 1510 g/mol. The van der Waals surface area contributed by atoms with E-state index in [2.05, 4.69) is 451 Å². The molecule has 113 heavy (non-hydrogen) atoms. The number of anilines is 5. The molecule has 20 rings (SSSR count). The van der Waals surface area contributed by atoms with Gasteiger partial charge in [-0.3, -0.25) is 0 Å². The summed E-state index contributed by atoms with van der Waals surface area (Å²) in [5.41, 5.74) is 32.4. The number of hydrogen-bond acceptors (Lipinski definition) is 4. The second-order valence-electron chi connectivity index (χ2n) is 28.0. The minimum atomic E-state index is 0.888. The fourth-order valence-electron chi connectivity index (χ4n) is 15.4. The summed E-state index contributed by atoms with van der Waals surface area (Å²) in [6.07, 6.45) is 0. The molecule has 4 nitrogen and oxygen atoms in total. The van der Waals surface area contributed by atoms with Gasteiger partial charge in [0, 0.05) is 70.9 Å². The number of benzene rings is 18. The van der Waals surface area contributed by atoms with Crippen LogP contribution >= 0.6 is 15.9 Å². The van der Waals surface area contributed by atoms with E-state index in [-0.39, 0.29) is 0 Å². The van der Waals surface area contributed by atoms with Gasteiger partial charge in [-0.2, -0.15) is 0 Å². The molecule has 1 N–H and O–H groups in total. The van der Waals surface area contributed by atoms with Crippen molar-refractivity contribution in [2.45, 2.75) is 0 Å². The molecule has 0 unspecified atom stereocenters. The van der Waals surface area contributed by atoms with Crippen molar-refractivity contribution in [3.05, 3.63) is 453 Å². The summed E-state index contributed by atoms with van der Waals surface area (Å²) in [6.45, 7) is 0. The number of para-hydroxylation sites is 5. The quantitative estimate of drug-likeness (QED) is 0.111. The first-order valence-electron chi connectivity index (χ1n) is 38.2. The van der Waals surface area contributed by atoms with Gasteiger partial charge in [0.1, 0.15) is 22.3 Å². The Morgan fingerprint density at radius 2 is 0.531 bits per heavy atom. The van der Waals surface area contributed by atoms with Crippen LogP contribution in [0.15, 0.2) is 462 Å². The Kier molecular flexibility index (Phi) is 20.2. The molecule has 536 valence electrons. The van der Waals surface area contributed by atoms with Crippen molar-refractivity contribution in [3.63, 3.8) is 0 Å². The van der Waals surface area contributed by atoms with Crippen LogP contribution in [0.1, 0.15) is 0 Å². The Hall–Kier alpha value is -14.4. The maximum absolute atomic E-state index is 6.65. The van der Waals surface area contributed by atoms with Gasteiger partial charge in [0.25, 0.3) is 0 Å². The number of hydrogen-bond donors (Lipinski definition) is 1. The Bertz CT molecular complexity index is 6720. The van der Waals surface area contributed by atoms with Gasteiger partial charge in [-0.1, -0.05) is 380 Å². The van der Waals surface area contributed by atoms with Gasteiger partial charge < -0.3 is 19.1 Å². The molecule has 0 aliphatic heterocycles. The Morgan fingerprint density at radius 1 is 0.204 bits per heavy atom. The highest BCUT2D eigenvalue weighted by atomic mass is 79.9. The molecule has 0 aliphatic carbocycles. The molecule has 0 spiro atoms. The number of nitrogens with one attached hydrogen (secondary N) is 1. The van der Waals surface area contributed by atoms with Crippen LogP contribution in [0.4, 0.5) is 28.4 Å². The van der Waals surface area contributed by atoms with Crippen LogP contribution in [0.5, 0.6) is 0 Å². The van der Waals surface area contributed by atoms with Gasteiger partial charge in [0.05, 0.1) is 11.4 Å². The fourth-order valence-corrected chi connectivity index (χ4v) is 15.9. The Labute approximate surface area is 667 Å². The van der Waals surface area contributed by atoms with E-state index in [0.717, 1.165) is 116 Å². The molecule has 18 aromatic carbocycles. The standard InChI is InChI=1S/C54H37NO.C30H19BrO.C24H19N/c1-4-17-38(18-5-1)41-23-15-26-45(36-41)55(51-31-12-10-27-46(51)40-21-8-3-9-22-40)52-32-13-11-28-47(52)43-24-14-25-44(35-43)48-29-16-30-49-50-37-42(39-19-6-2-7-20-39)33-34-53(50)56-54(48)49;31-28-15-5-4-12-24(28)22-10-6-11-23(18-22)25-13-7-14-26-27-19-21(20-8-2-1-3-9-20)16-17-29(27)32-30(25)26;1-3-10-19(11-4-1)21-14-9-15-22(18-21)25-24-17-8-7-16-23(24)20-12-5-2-6-13-20/h1-37H;1-19H;1-18,25H. The predicted octanol–water partition coefficient (Wildman–Crippen LogP) is 31.5. The van der Waals surface area contributed by atoms with E-state index >= 15 is 0 Å². The van der Waals surface area contributed by atoms with Gasteiger partial charge in [0.2, 0.25) is 0 Å². The number of halogens is 1. The van der Waals surface area contributed by atoms with Crippen molar-refractivity contribution < 1.29 is 8.83 Å². The zero-order valence-electron chi connectivity index (χ0n) is 61.9. The molecule has 0 radical (unpaired) electrons. The van der Waals surface area contributed by atoms with E-state index in [0.29, 0.717) is 0 Å². The summed E-state index contributed by atoms with van der Waals surface area (Å²) >= 11 is 3.68. The van der Waals surface area contributed by atoms with E-state index in [4.69, 9.17) is 8.83 Å². The SMILES string of the molecule is Brc1ccccc1-c1cccc(-c2cccc3c2oc2ccc(-c4ccccc4)cc23)c1.c1ccc(-c2cccc(N(c3ccccc3-c3ccccc3)c3ccccc3-c3cccc(-c4cccc5c4oc4ccc(-c6ccccc6)cc45)c3)c2)cc1.c1ccc(-c2cccc(Nc3ccccc3-c3ccccc3)c2)cc1. The molecule has 2 heterocycles. The van der Waals surface area contributed by atoms with Crippen molar-refractivity contribution in [1.29, 1.82) is 0 Å². The van der Waals surface area contributed by atoms with Crippen LogP contribution in [0.2, 0.25) is 0 Å². The van der Waals surface area contributed by atoms with E-state index in [9.17, 15) is 0 Å². The normalized spacial score (nSPS) is 11.1. The monoisotopic (exact) mass is 1510 g/mol. The molecule has 0 saturated heterocycles. The Balaban J connectivity index is 0.000000131. The van der Waals surface area contributed by atoms with Crippen molar-refractivity contribution >= 4 is 88.2 Å². The molecule has 5 heteroatoms. The molecule has 2 aromatic heterocycles. The summed E-state index contributed by atoms with van der Waals surface area (Å²) in [5, 5.41) is 8.10. The van der Waals surface area contributed by atoms with Crippen LogP contribution in [0, 0.1) is 0 Å². The van der Waals surface area contributed by atoms with E-state index in [1.165, 1.54) is 72.3 Å². The number of rotatable bonds is 15. The lowest BCUT2D eigenvalue weighted by Gasteiger charge is -2.30. The highest BCUT2D eigenvalue weighted by Crippen LogP contribution is 2.48. The summed E-state index contributed by atoms with van der Waals surface area (Å²) in [7, 11) is 0. The molecular formula is C108H75BrN2O2. The lowest BCUT2D eigenvalue weighted by Crippen LogP contribution is -2.12. The maximum Gasteiger partial charge on any atom is 0.143 e. The van der Waals surface area contributed by atoms with Gasteiger partial charge in [-0.05, 0) is 168 Å². The zero-order valence-corrected chi connectivity index (χ0v) is 63.5. The minimum absolute atomic E-state index is 0.888. The topological polar surface area (TPSA) is 41.6 Å². The number of nitrogens with zero attached hydrogens (tertiary/aromatic N) is 1. The molecule has 0 bridgehead atoms. The molecule has 0 amide bonds. The summed E-state index contributed by atoms with van der Waals surface area (Å²) in [5.74, 6) is 0. The minimum Gasteiger partial charge on any atom is -0.455 e. The van der Waals surface area contributed by atoms with E-state index in [1.807, 2.05) is 24.3 Å². The maximum atomic E-state index is 6.65. The average Bonchev–Trinajstić information content (AvgIpc) is 1.76. The third-order valence-corrected chi connectivity index (χ3v) is 21.6. The van der Waals surface area contributed by atoms with Gasteiger partial charge in [-0.25, -0.2) is 0 Å². The molecule has 0 saturated carbocycles. The first-order chi connectivity index (χ1) is 56.0. The second-order valence-corrected chi connectivity index (χ2v) is 28.9. The smallest absolute Gasteiger partial charge is 0.143 e. The third kappa shape index (κ3) is 15.0. The molecule has 0 aliphatic rings. The van der Waals surface area contributed by atoms with Crippen LogP contribution in [0.3, 0.4) is 0 Å². The van der Waals surface area contributed by atoms with Gasteiger partial charge >= 0.3 is 0 Å². The van der Waals surface area contributed by atoms with Gasteiger partial charge in [-0.15, -0.1) is 0 Å².